The van der Waals surface area contributed by atoms with Crippen molar-refractivity contribution in [2.24, 2.45) is 5.92 Å². The van der Waals surface area contributed by atoms with Crippen molar-refractivity contribution < 1.29 is 42.5 Å². The van der Waals surface area contributed by atoms with Crippen LogP contribution in [0.15, 0.2) is 24.3 Å². The molecule has 0 aliphatic carbocycles. The Morgan fingerprint density at radius 1 is 1.10 bits per heavy atom. The number of carboxylic acid groups (broad SMARTS) is 2. The number of amides is 1. The van der Waals surface area contributed by atoms with Crippen LogP contribution in [0.4, 0.5) is 13.2 Å². The van der Waals surface area contributed by atoms with Crippen molar-refractivity contribution in [1.82, 2.24) is 5.32 Å². The molecule has 1 aromatic carbocycles. The number of halogens is 3. The summed E-state index contributed by atoms with van der Waals surface area (Å²) in [6.07, 6.45) is -4.93. The number of alkyl halides is 3. The first-order valence-corrected chi connectivity index (χ1v) is 11.2. The summed E-state index contributed by atoms with van der Waals surface area (Å²) in [4.78, 5) is 31.5. The van der Waals surface area contributed by atoms with Gasteiger partial charge in [-0.25, -0.2) is 4.79 Å². The SMILES string of the molecule is CC(C)COc1ccccc1C(=O)NCCSSCCC(=O)O.O=C(O)C(F)(F)F. The molecular formula is C18H24F3NO6S2. The van der Waals surface area contributed by atoms with Gasteiger partial charge in [0.15, 0.2) is 0 Å². The van der Waals surface area contributed by atoms with Crippen LogP contribution in [0.1, 0.15) is 30.6 Å². The highest BCUT2D eigenvalue weighted by molar-refractivity contribution is 8.76. The number of benzene rings is 1. The number of para-hydroxylation sites is 1. The van der Waals surface area contributed by atoms with Gasteiger partial charge in [-0.3, -0.25) is 9.59 Å². The molecule has 0 spiro atoms. The van der Waals surface area contributed by atoms with Gasteiger partial charge in [0.25, 0.3) is 5.91 Å². The first-order chi connectivity index (χ1) is 13.9. The lowest BCUT2D eigenvalue weighted by atomic mass is 10.2. The molecule has 0 aromatic heterocycles. The van der Waals surface area contributed by atoms with Crippen LogP contribution in [0.3, 0.4) is 0 Å². The Labute approximate surface area is 180 Å². The van der Waals surface area contributed by atoms with Crippen LogP contribution < -0.4 is 10.1 Å². The van der Waals surface area contributed by atoms with E-state index < -0.39 is 18.1 Å². The molecule has 0 fully saturated rings. The average molecular weight is 472 g/mol. The van der Waals surface area contributed by atoms with Crippen molar-refractivity contribution in [3.8, 4) is 5.75 Å². The maximum atomic E-state index is 12.2. The number of aliphatic carboxylic acids is 2. The number of nitrogens with one attached hydrogen (secondary N) is 1. The molecule has 0 radical (unpaired) electrons. The Morgan fingerprint density at radius 2 is 1.67 bits per heavy atom. The Balaban J connectivity index is 0.00000103. The summed E-state index contributed by atoms with van der Waals surface area (Å²) in [6.45, 7) is 5.21. The number of carboxylic acids is 2. The molecular weight excluding hydrogens is 447 g/mol. The summed E-state index contributed by atoms with van der Waals surface area (Å²) in [5.41, 5.74) is 0.539. The second-order valence-electron chi connectivity index (χ2n) is 6.05. The fourth-order valence-corrected chi connectivity index (χ4v) is 3.47. The van der Waals surface area contributed by atoms with E-state index in [0.29, 0.717) is 36.1 Å². The average Bonchev–Trinajstić information content (AvgIpc) is 2.65. The molecule has 0 aliphatic rings. The third-order valence-corrected chi connectivity index (χ3v) is 5.31. The van der Waals surface area contributed by atoms with E-state index in [1.165, 1.54) is 10.8 Å². The summed E-state index contributed by atoms with van der Waals surface area (Å²) < 4.78 is 37.4. The van der Waals surface area contributed by atoms with Gasteiger partial charge in [-0.2, -0.15) is 13.2 Å². The zero-order chi connectivity index (χ0) is 23.2. The van der Waals surface area contributed by atoms with Crippen LogP contribution in [0.5, 0.6) is 5.75 Å². The molecule has 1 rings (SSSR count). The predicted molar refractivity (Wildman–Crippen MR) is 110 cm³/mol. The van der Waals surface area contributed by atoms with Crippen LogP contribution in [-0.2, 0) is 9.59 Å². The Bertz CT molecular complexity index is 686. The normalized spacial score (nSPS) is 10.7. The Hall–Kier alpha value is -2.08. The first kappa shape index (κ1) is 27.9. The predicted octanol–water partition coefficient (Wildman–Crippen LogP) is 3.94. The van der Waals surface area contributed by atoms with Gasteiger partial charge in [0.1, 0.15) is 5.75 Å². The monoisotopic (exact) mass is 471 g/mol. The van der Waals surface area contributed by atoms with E-state index in [-0.39, 0.29) is 12.3 Å². The van der Waals surface area contributed by atoms with Crippen LogP contribution in [0, 0.1) is 5.92 Å². The maximum absolute atomic E-state index is 12.2. The Morgan fingerprint density at radius 3 is 2.20 bits per heavy atom. The van der Waals surface area contributed by atoms with E-state index in [9.17, 15) is 22.8 Å². The van der Waals surface area contributed by atoms with E-state index in [1.807, 2.05) is 12.1 Å². The third-order valence-electron chi connectivity index (χ3n) is 2.90. The highest BCUT2D eigenvalue weighted by Gasteiger charge is 2.38. The van der Waals surface area contributed by atoms with E-state index in [2.05, 4.69) is 19.2 Å². The van der Waals surface area contributed by atoms with E-state index >= 15 is 0 Å². The van der Waals surface area contributed by atoms with Gasteiger partial charge >= 0.3 is 18.1 Å². The van der Waals surface area contributed by atoms with Crippen molar-refractivity contribution >= 4 is 39.4 Å². The van der Waals surface area contributed by atoms with Gasteiger partial charge in [-0.1, -0.05) is 47.6 Å². The summed E-state index contributed by atoms with van der Waals surface area (Å²) in [5, 5.41) is 18.5. The molecule has 3 N–H and O–H groups in total. The van der Waals surface area contributed by atoms with E-state index in [1.54, 1.807) is 22.9 Å². The highest BCUT2D eigenvalue weighted by atomic mass is 33.1. The van der Waals surface area contributed by atoms with Gasteiger partial charge in [0.05, 0.1) is 18.6 Å². The lowest BCUT2D eigenvalue weighted by Gasteiger charge is -2.13. The number of hydrogen-bond donors (Lipinski definition) is 3. The summed E-state index contributed by atoms with van der Waals surface area (Å²) in [6, 6.07) is 7.21. The lowest BCUT2D eigenvalue weighted by Crippen LogP contribution is -2.26. The van der Waals surface area contributed by atoms with Crippen molar-refractivity contribution in [3.05, 3.63) is 29.8 Å². The molecule has 0 aliphatic heterocycles. The molecule has 170 valence electrons. The summed E-state index contributed by atoms with van der Waals surface area (Å²) >= 11 is 0. The zero-order valence-electron chi connectivity index (χ0n) is 16.4. The van der Waals surface area contributed by atoms with Crippen LogP contribution in [-0.4, -0.2) is 58.9 Å². The van der Waals surface area contributed by atoms with Crippen molar-refractivity contribution in [2.75, 3.05) is 24.7 Å². The molecule has 1 aromatic rings. The first-order valence-electron chi connectivity index (χ1n) is 8.71. The Kier molecular flexibility index (Phi) is 13.8. The number of hydrogen-bond acceptors (Lipinski definition) is 6. The molecule has 0 heterocycles. The van der Waals surface area contributed by atoms with Gasteiger partial charge in [0, 0.05) is 18.1 Å². The minimum absolute atomic E-state index is 0.152. The van der Waals surface area contributed by atoms with Crippen LogP contribution >= 0.6 is 21.6 Å². The van der Waals surface area contributed by atoms with Gasteiger partial charge in [-0.15, -0.1) is 0 Å². The molecule has 30 heavy (non-hydrogen) atoms. The van der Waals surface area contributed by atoms with E-state index in [4.69, 9.17) is 19.7 Å². The topological polar surface area (TPSA) is 113 Å². The second-order valence-corrected chi connectivity index (χ2v) is 8.75. The fourth-order valence-electron chi connectivity index (χ4n) is 1.58. The van der Waals surface area contributed by atoms with Gasteiger partial charge in [0.2, 0.25) is 0 Å². The number of rotatable bonds is 11. The molecule has 12 heteroatoms. The molecule has 0 atom stereocenters. The minimum atomic E-state index is -5.08. The van der Waals surface area contributed by atoms with Crippen LogP contribution in [0.25, 0.3) is 0 Å². The van der Waals surface area contributed by atoms with Crippen LogP contribution in [0.2, 0.25) is 0 Å². The molecule has 1 amide bonds. The van der Waals surface area contributed by atoms with Crippen molar-refractivity contribution in [1.29, 1.82) is 0 Å². The standard InChI is InChI=1S/C16H23NO4S2.C2HF3O2/c1-12(2)11-21-14-6-4-3-5-13(14)16(20)17-8-10-23-22-9-7-15(18)19;3-2(4,5)1(6)7/h3-6,12H,7-11H2,1-2H3,(H,17,20)(H,18,19);(H,6,7). The highest BCUT2D eigenvalue weighted by Crippen LogP contribution is 2.21. The smallest absolute Gasteiger partial charge is 0.490 e. The number of carbonyl (C=O) groups excluding carboxylic acids is 1. The minimum Gasteiger partial charge on any atom is -0.492 e. The quantitative estimate of drug-likeness (QED) is 0.329. The summed E-state index contributed by atoms with van der Waals surface area (Å²) in [5.74, 6) is -1.41. The lowest BCUT2D eigenvalue weighted by molar-refractivity contribution is -0.192. The van der Waals surface area contributed by atoms with Gasteiger partial charge in [-0.05, 0) is 18.1 Å². The second kappa shape index (κ2) is 14.8. The fraction of sp³-hybridized carbons (Fsp3) is 0.500. The molecule has 0 unspecified atom stereocenters. The maximum Gasteiger partial charge on any atom is 0.490 e. The number of ether oxygens (including phenoxy) is 1. The zero-order valence-corrected chi connectivity index (χ0v) is 18.0. The van der Waals surface area contributed by atoms with Gasteiger partial charge < -0.3 is 20.3 Å². The molecule has 7 nitrogen and oxygen atoms in total. The third kappa shape index (κ3) is 14.0. The van der Waals surface area contributed by atoms with Crippen molar-refractivity contribution in [2.45, 2.75) is 26.4 Å². The summed E-state index contributed by atoms with van der Waals surface area (Å²) in [7, 11) is 3.06. The largest absolute Gasteiger partial charge is 0.492 e. The number of carbonyl (C=O) groups is 3. The molecule has 0 bridgehead atoms. The van der Waals surface area contributed by atoms with E-state index in [0.717, 1.165) is 5.75 Å². The molecule has 0 saturated heterocycles. The van der Waals surface area contributed by atoms with Crippen molar-refractivity contribution in [3.63, 3.8) is 0 Å². The molecule has 0 saturated carbocycles.